The van der Waals surface area contributed by atoms with Crippen molar-refractivity contribution < 1.29 is 4.74 Å². The Morgan fingerprint density at radius 3 is 2.95 bits per heavy atom. The predicted molar refractivity (Wildman–Crippen MR) is 75.2 cm³/mol. The summed E-state index contributed by atoms with van der Waals surface area (Å²) in [4.78, 5) is 11.3. The van der Waals surface area contributed by atoms with Crippen LogP contribution in [0.15, 0.2) is 29.2 Å². The fourth-order valence-corrected chi connectivity index (χ4v) is 1.98. The first-order chi connectivity index (χ1) is 9.13. The molecule has 0 atom stereocenters. The lowest BCUT2D eigenvalue weighted by molar-refractivity contribution is 0.410. The third-order valence-electron chi connectivity index (χ3n) is 2.55. The van der Waals surface area contributed by atoms with Crippen LogP contribution in [0, 0.1) is 0 Å². The number of aromatic nitrogens is 2. The number of hydrogen-bond donors (Lipinski definition) is 2. The minimum Gasteiger partial charge on any atom is -0.496 e. The highest BCUT2D eigenvalue weighted by Crippen LogP contribution is 2.27. The molecule has 0 unspecified atom stereocenters. The van der Waals surface area contributed by atoms with Crippen molar-refractivity contribution in [2.45, 2.75) is 6.54 Å². The Hall–Kier alpha value is -1.72. The molecule has 0 fully saturated rings. The van der Waals surface area contributed by atoms with E-state index in [4.69, 9.17) is 27.9 Å². The molecule has 1 aromatic carbocycles. The smallest absolute Gasteiger partial charge is 0.285 e. The van der Waals surface area contributed by atoms with Gasteiger partial charge in [0.25, 0.3) is 5.56 Å². The zero-order valence-electron chi connectivity index (χ0n) is 10.0. The summed E-state index contributed by atoms with van der Waals surface area (Å²) >= 11 is 12.0. The summed E-state index contributed by atoms with van der Waals surface area (Å²) in [6.07, 6.45) is 1.44. The molecule has 0 radical (unpaired) electrons. The van der Waals surface area contributed by atoms with Crippen molar-refractivity contribution in [3.05, 3.63) is 50.4 Å². The molecule has 7 heteroatoms. The van der Waals surface area contributed by atoms with Crippen molar-refractivity contribution in [1.29, 1.82) is 0 Å². The van der Waals surface area contributed by atoms with Crippen molar-refractivity contribution in [2.24, 2.45) is 0 Å². The molecule has 19 heavy (non-hydrogen) atoms. The van der Waals surface area contributed by atoms with Gasteiger partial charge in [0.05, 0.1) is 19.0 Å². The Balaban J connectivity index is 2.24. The van der Waals surface area contributed by atoms with E-state index in [-0.39, 0.29) is 5.02 Å². The maximum absolute atomic E-state index is 11.3. The summed E-state index contributed by atoms with van der Waals surface area (Å²) < 4.78 is 5.23. The first-order valence-electron chi connectivity index (χ1n) is 5.42. The fourth-order valence-electron chi connectivity index (χ4n) is 1.59. The SMILES string of the molecule is COc1cccc(Cl)c1CNc1cn[nH]c(=O)c1Cl. The maximum Gasteiger partial charge on any atom is 0.285 e. The summed E-state index contributed by atoms with van der Waals surface area (Å²) in [5, 5.41) is 9.55. The second-order valence-electron chi connectivity index (χ2n) is 3.70. The molecule has 2 N–H and O–H groups in total. The highest BCUT2D eigenvalue weighted by Gasteiger charge is 2.09. The fraction of sp³-hybridized carbons (Fsp3) is 0.167. The van der Waals surface area contributed by atoms with Gasteiger partial charge in [-0.25, -0.2) is 5.10 Å². The first-order valence-corrected chi connectivity index (χ1v) is 6.17. The van der Waals surface area contributed by atoms with Gasteiger partial charge in [0.15, 0.2) is 0 Å². The molecule has 0 aliphatic carbocycles. The molecule has 1 aromatic heterocycles. The number of nitrogens with zero attached hydrogens (tertiary/aromatic N) is 1. The number of rotatable bonds is 4. The third-order valence-corrected chi connectivity index (χ3v) is 3.28. The molecule has 0 aliphatic rings. The average molecular weight is 300 g/mol. The van der Waals surface area contributed by atoms with Crippen LogP contribution in [0.5, 0.6) is 5.75 Å². The minimum absolute atomic E-state index is 0.0565. The topological polar surface area (TPSA) is 67.0 Å². The summed E-state index contributed by atoms with van der Waals surface area (Å²) in [5.74, 6) is 0.661. The Bertz CT molecular complexity index is 643. The van der Waals surface area contributed by atoms with Crippen molar-refractivity contribution in [3.63, 3.8) is 0 Å². The zero-order valence-corrected chi connectivity index (χ0v) is 11.5. The van der Waals surface area contributed by atoms with Gasteiger partial charge < -0.3 is 10.1 Å². The highest BCUT2D eigenvalue weighted by molar-refractivity contribution is 6.33. The van der Waals surface area contributed by atoms with Crippen LogP contribution in [0.1, 0.15) is 5.56 Å². The van der Waals surface area contributed by atoms with Gasteiger partial charge in [0.1, 0.15) is 10.8 Å². The van der Waals surface area contributed by atoms with Crippen LogP contribution in [0.2, 0.25) is 10.0 Å². The van der Waals surface area contributed by atoms with E-state index in [1.165, 1.54) is 6.20 Å². The van der Waals surface area contributed by atoms with Gasteiger partial charge in [0, 0.05) is 17.1 Å². The quantitative estimate of drug-likeness (QED) is 0.911. The number of aromatic amines is 1. The Morgan fingerprint density at radius 2 is 2.21 bits per heavy atom. The van der Waals surface area contributed by atoms with Crippen LogP contribution < -0.4 is 15.6 Å². The van der Waals surface area contributed by atoms with Crippen LogP contribution in [0.3, 0.4) is 0 Å². The second kappa shape index (κ2) is 5.95. The molecule has 0 amide bonds. The van der Waals surface area contributed by atoms with Gasteiger partial charge in [-0.3, -0.25) is 4.79 Å². The van der Waals surface area contributed by atoms with Crippen LogP contribution in [-0.2, 0) is 6.54 Å². The summed E-state index contributed by atoms with van der Waals surface area (Å²) in [6.45, 7) is 0.369. The van der Waals surface area contributed by atoms with E-state index in [0.29, 0.717) is 23.0 Å². The summed E-state index contributed by atoms with van der Waals surface area (Å²) in [5.41, 5.74) is 0.771. The van der Waals surface area contributed by atoms with E-state index in [9.17, 15) is 4.79 Å². The van der Waals surface area contributed by atoms with Crippen molar-refractivity contribution >= 4 is 28.9 Å². The largest absolute Gasteiger partial charge is 0.496 e. The average Bonchev–Trinajstić information content (AvgIpc) is 2.41. The predicted octanol–water partition coefficient (Wildman–Crippen LogP) is 2.70. The van der Waals surface area contributed by atoms with E-state index in [1.54, 1.807) is 25.3 Å². The van der Waals surface area contributed by atoms with E-state index in [1.807, 2.05) is 0 Å². The number of ether oxygens (including phenoxy) is 1. The van der Waals surface area contributed by atoms with Gasteiger partial charge in [-0.1, -0.05) is 29.3 Å². The molecule has 0 spiro atoms. The Labute approximate surface area is 119 Å². The van der Waals surface area contributed by atoms with Crippen LogP contribution in [0.4, 0.5) is 5.69 Å². The highest BCUT2D eigenvalue weighted by atomic mass is 35.5. The molecular formula is C12H11Cl2N3O2. The maximum atomic E-state index is 11.3. The minimum atomic E-state index is -0.446. The molecule has 2 aromatic rings. The molecule has 0 saturated carbocycles. The molecule has 0 saturated heterocycles. The lowest BCUT2D eigenvalue weighted by atomic mass is 10.2. The van der Waals surface area contributed by atoms with Crippen molar-refractivity contribution in [2.75, 3.05) is 12.4 Å². The molecule has 5 nitrogen and oxygen atoms in total. The zero-order chi connectivity index (χ0) is 13.8. The van der Waals surface area contributed by atoms with E-state index in [0.717, 1.165) is 5.56 Å². The standard InChI is InChI=1S/C12H11Cl2N3O2/c1-19-10-4-2-3-8(13)7(10)5-15-9-6-16-17-12(18)11(9)14/h2-4,6H,5H2,1H3,(H2,15,17,18). The summed E-state index contributed by atoms with van der Waals surface area (Å²) in [7, 11) is 1.57. The van der Waals surface area contributed by atoms with Gasteiger partial charge in [-0.2, -0.15) is 5.10 Å². The lowest BCUT2D eigenvalue weighted by Gasteiger charge is -2.12. The van der Waals surface area contributed by atoms with E-state index in [2.05, 4.69) is 15.5 Å². The monoisotopic (exact) mass is 299 g/mol. The Morgan fingerprint density at radius 1 is 1.42 bits per heavy atom. The van der Waals surface area contributed by atoms with E-state index < -0.39 is 5.56 Å². The molecule has 0 aliphatic heterocycles. The number of anilines is 1. The number of methoxy groups -OCH3 is 1. The number of hydrogen-bond acceptors (Lipinski definition) is 4. The number of halogens is 2. The number of benzene rings is 1. The van der Waals surface area contributed by atoms with Gasteiger partial charge >= 0.3 is 0 Å². The van der Waals surface area contributed by atoms with Crippen molar-refractivity contribution in [3.8, 4) is 5.75 Å². The Kier molecular flexibility index (Phi) is 4.29. The molecule has 0 bridgehead atoms. The van der Waals surface area contributed by atoms with Gasteiger partial charge in [0.2, 0.25) is 0 Å². The normalized spacial score (nSPS) is 10.3. The molecular weight excluding hydrogens is 289 g/mol. The number of nitrogens with one attached hydrogen (secondary N) is 2. The van der Waals surface area contributed by atoms with E-state index >= 15 is 0 Å². The van der Waals surface area contributed by atoms with Gasteiger partial charge in [-0.15, -0.1) is 0 Å². The molecule has 1 heterocycles. The second-order valence-corrected chi connectivity index (χ2v) is 4.49. The van der Waals surface area contributed by atoms with Crippen LogP contribution >= 0.6 is 23.2 Å². The van der Waals surface area contributed by atoms with Crippen LogP contribution in [0.25, 0.3) is 0 Å². The first kappa shape index (κ1) is 13.7. The van der Waals surface area contributed by atoms with Crippen molar-refractivity contribution in [1.82, 2.24) is 10.2 Å². The number of H-pyrrole nitrogens is 1. The lowest BCUT2D eigenvalue weighted by Crippen LogP contribution is -2.12. The molecule has 100 valence electrons. The summed E-state index contributed by atoms with van der Waals surface area (Å²) in [6, 6.07) is 5.37. The van der Waals surface area contributed by atoms with Crippen LogP contribution in [-0.4, -0.2) is 17.3 Å². The van der Waals surface area contributed by atoms with Gasteiger partial charge in [-0.05, 0) is 12.1 Å². The third kappa shape index (κ3) is 3.00. The molecule has 2 rings (SSSR count).